The second-order valence-corrected chi connectivity index (χ2v) is 4.05. The fourth-order valence-corrected chi connectivity index (χ4v) is 2.04. The van der Waals surface area contributed by atoms with Crippen LogP contribution >= 0.6 is 0 Å². The van der Waals surface area contributed by atoms with Gasteiger partial charge in [-0.2, -0.15) is 4.57 Å². The van der Waals surface area contributed by atoms with Crippen molar-refractivity contribution in [2.75, 3.05) is 26.3 Å². The lowest BCUT2D eigenvalue weighted by atomic mass is 10.3. The molecule has 0 atom stereocenters. The molecule has 0 bridgehead atoms. The average Bonchev–Trinajstić information content (AvgIpc) is 2.75. The van der Waals surface area contributed by atoms with Gasteiger partial charge in [0.25, 0.3) is 0 Å². The molecule has 1 fully saturated rings. The lowest BCUT2D eigenvalue weighted by Crippen LogP contribution is -2.45. The first-order valence-corrected chi connectivity index (χ1v) is 5.75. The van der Waals surface area contributed by atoms with E-state index in [1.165, 1.54) is 0 Å². The van der Waals surface area contributed by atoms with Crippen molar-refractivity contribution in [3.05, 3.63) is 34.8 Å². The number of para-hydroxylation sites is 2. The number of amides is 1. The fourth-order valence-electron chi connectivity index (χ4n) is 2.04. The quantitative estimate of drug-likeness (QED) is 0.694. The summed E-state index contributed by atoms with van der Waals surface area (Å²) in [6.07, 6.45) is 0. The Labute approximate surface area is 102 Å². The second-order valence-electron chi connectivity index (χ2n) is 4.05. The van der Waals surface area contributed by atoms with Gasteiger partial charge in [0.15, 0.2) is 5.58 Å². The Morgan fingerprint density at radius 1 is 1.17 bits per heavy atom. The van der Waals surface area contributed by atoms with E-state index < -0.39 is 5.76 Å². The van der Waals surface area contributed by atoms with Gasteiger partial charge in [-0.25, -0.2) is 9.59 Å². The topological polar surface area (TPSA) is 64.7 Å². The first-order chi connectivity index (χ1) is 8.77. The van der Waals surface area contributed by atoms with E-state index in [1.54, 1.807) is 29.2 Å². The van der Waals surface area contributed by atoms with Crippen LogP contribution in [0.3, 0.4) is 0 Å². The molecule has 3 rings (SSSR count). The van der Waals surface area contributed by atoms with Crippen molar-refractivity contribution < 1.29 is 13.9 Å². The molecule has 2 aromatic rings. The molecular weight excluding hydrogens is 236 g/mol. The minimum atomic E-state index is -0.646. The molecule has 0 saturated carbocycles. The molecule has 1 aromatic carbocycles. The summed E-state index contributed by atoms with van der Waals surface area (Å²) in [5.74, 6) is -0.646. The Morgan fingerprint density at radius 2 is 1.89 bits per heavy atom. The number of rotatable bonds is 0. The minimum Gasteiger partial charge on any atom is -0.407 e. The molecule has 0 aliphatic carbocycles. The van der Waals surface area contributed by atoms with E-state index in [-0.39, 0.29) is 6.03 Å². The summed E-state index contributed by atoms with van der Waals surface area (Å²) in [7, 11) is 0. The Balaban J connectivity index is 2.05. The summed E-state index contributed by atoms with van der Waals surface area (Å²) in [6.45, 7) is 1.97. The van der Waals surface area contributed by atoms with Crippen molar-refractivity contribution in [2.45, 2.75) is 0 Å². The van der Waals surface area contributed by atoms with Gasteiger partial charge in [0, 0.05) is 13.1 Å². The number of hydrogen-bond donors (Lipinski definition) is 0. The van der Waals surface area contributed by atoms with Crippen molar-refractivity contribution in [3.63, 3.8) is 0 Å². The number of oxazole rings is 1. The summed E-state index contributed by atoms with van der Waals surface area (Å²) < 4.78 is 11.3. The van der Waals surface area contributed by atoms with Gasteiger partial charge in [-0.05, 0) is 12.1 Å². The maximum atomic E-state index is 12.3. The van der Waals surface area contributed by atoms with Gasteiger partial charge in [0.05, 0.1) is 18.7 Å². The molecule has 1 aliphatic rings. The normalized spacial score (nSPS) is 16.1. The zero-order valence-electron chi connectivity index (χ0n) is 9.67. The third-order valence-corrected chi connectivity index (χ3v) is 2.96. The molecule has 1 saturated heterocycles. The van der Waals surface area contributed by atoms with Crippen LogP contribution in [0.25, 0.3) is 11.1 Å². The SMILES string of the molecule is O=C(N1CCOCC1)n1c(=O)oc2ccccc21. The van der Waals surface area contributed by atoms with Crippen LogP contribution in [-0.2, 0) is 4.74 Å². The molecule has 0 spiro atoms. The number of aromatic nitrogens is 1. The smallest absolute Gasteiger partial charge is 0.407 e. The van der Waals surface area contributed by atoms with Crippen LogP contribution in [0, 0.1) is 0 Å². The minimum absolute atomic E-state index is 0.353. The highest BCUT2D eigenvalue weighted by Crippen LogP contribution is 2.13. The first-order valence-electron chi connectivity index (χ1n) is 5.75. The predicted octanol–water partition coefficient (Wildman–Crippen LogP) is 0.895. The summed E-state index contributed by atoms with van der Waals surface area (Å²) in [5.41, 5.74) is 0.920. The number of ether oxygens (including phenoxy) is 1. The highest BCUT2D eigenvalue weighted by atomic mass is 16.5. The number of morpholine rings is 1. The Kier molecular flexibility index (Phi) is 2.64. The fraction of sp³-hybridized carbons (Fsp3) is 0.333. The summed E-state index contributed by atoms with van der Waals surface area (Å²) in [5, 5.41) is 0. The molecule has 94 valence electrons. The summed E-state index contributed by atoms with van der Waals surface area (Å²) >= 11 is 0. The van der Waals surface area contributed by atoms with Crippen molar-refractivity contribution in [3.8, 4) is 0 Å². The van der Waals surface area contributed by atoms with Crippen LogP contribution < -0.4 is 5.76 Å². The first kappa shape index (κ1) is 11.0. The zero-order chi connectivity index (χ0) is 12.5. The van der Waals surface area contributed by atoms with Crippen LogP contribution in [0.15, 0.2) is 33.5 Å². The summed E-state index contributed by atoms with van der Waals surface area (Å²) in [6, 6.07) is 6.53. The third-order valence-electron chi connectivity index (χ3n) is 2.96. The maximum Gasteiger partial charge on any atom is 0.428 e. The maximum absolute atomic E-state index is 12.3. The lowest BCUT2D eigenvalue weighted by Gasteiger charge is -2.26. The monoisotopic (exact) mass is 248 g/mol. The lowest BCUT2D eigenvalue weighted by molar-refractivity contribution is 0.0534. The molecule has 6 nitrogen and oxygen atoms in total. The van der Waals surface area contributed by atoms with Crippen molar-refractivity contribution >= 4 is 17.1 Å². The van der Waals surface area contributed by atoms with Gasteiger partial charge in [-0.15, -0.1) is 0 Å². The van der Waals surface area contributed by atoms with E-state index in [9.17, 15) is 9.59 Å². The van der Waals surface area contributed by atoms with Crippen LogP contribution in [0.5, 0.6) is 0 Å². The van der Waals surface area contributed by atoms with Crippen LogP contribution in [-0.4, -0.2) is 41.8 Å². The van der Waals surface area contributed by atoms with E-state index in [0.717, 1.165) is 4.57 Å². The molecule has 6 heteroatoms. The van der Waals surface area contributed by atoms with Gasteiger partial charge >= 0.3 is 11.8 Å². The predicted molar refractivity (Wildman–Crippen MR) is 63.7 cm³/mol. The molecule has 1 amide bonds. The number of carbonyl (C=O) groups is 1. The molecular formula is C12H12N2O4. The van der Waals surface area contributed by atoms with E-state index >= 15 is 0 Å². The van der Waals surface area contributed by atoms with Gasteiger partial charge in [-0.1, -0.05) is 12.1 Å². The number of fused-ring (bicyclic) bond motifs is 1. The Bertz CT molecular complexity index is 637. The van der Waals surface area contributed by atoms with Crippen molar-refractivity contribution in [1.29, 1.82) is 0 Å². The van der Waals surface area contributed by atoms with Gasteiger partial charge in [0.1, 0.15) is 0 Å². The molecule has 0 unspecified atom stereocenters. The number of hydrogen-bond acceptors (Lipinski definition) is 4. The molecule has 1 aromatic heterocycles. The largest absolute Gasteiger partial charge is 0.428 e. The molecule has 0 N–H and O–H groups in total. The van der Waals surface area contributed by atoms with Crippen molar-refractivity contribution in [1.82, 2.24) is 9.47 Å². The van der Waals surface area contributed by atoms with E-state index in [0.29, 0.717) is 37.4 Å². The van der Waals surface area contributed by atoms with E-state index in [2.05, 4.69) is 0 Å². The van der Waals surface area contributed by atoms with Crippen LogP contribution in [0.2, 0.25) is 0 Å². The number of nitrogens with zero attached hydrogens (tertiary/aromatic N) is 2. The number of benzene rings is 1. The zero-order valence-corrected chi connectivity index (χ0v) is 9.67. The summed E-state index contributed by atoms with van der Waals surface area (Å²) in [4.78, 5) is 25.6. The van der Waals surface area contributed by atoms with Crippen molar-refractivity contribution in [2.24, 2.45) is 0 Å². The second kappa shape index (κ2) is 4.30. The molecule has 0 radical (unpaired) electrons. The van der Waals surface area contributed by atoms with Gasteiger partial charge in [-0.3, -0.25) is 0 Å². The van der Waals surface area contributed by atoms with E-state index in [1.807, 2.05) is 0 Å². The number of carbonyl (C=O) groups excluding carboxylic acids is 1. The average molecular weight is 248 g/mol. The van der Waals surface area contributed by atoms with E-state index in [4.69, 9.17) is 9.15 Å². The van der Waals surface area contributed by atoms with Gasteiger partial charge < -0.3 is 14.1 Å². The van der Waals surface area contributed by atoms with Crippen LogP contribution in [0.4, 0.5) is 4.79 Å². The Hall–Kier alpha value is -2.08. The van der Waals surface area contributed by atoms with Crippen LogP contribution in [0.1, 0.15) is 0 Å². The molecule has 1 aliphatic heterocycles. The van der Waals surface area contributed by atoms with Gasteiger partial charge in [0.2, 0.25) is 0 Å². The standard InChI is InChI=1S/C12H12N2O4/c15-11(13-5-7-17-8-6-13)14-9-3-1-2-4-10(9)18-12(14)16/h1-4H,5-8H2. The highest BCUT2D eigenvalue weighted by Gasteiger charge is 2.23. The third kappa shape index (κ3) is 1.70. The molecule has 18 heavy (non-hydrogen) atoms. The highest BCUT2D eigenvalue weighted by molar-refractivity contribution is 5.87. The Morgan fingerprint density at radius 3 is 2.67 bits per heavy atom. The molecule has 2 heterocycles.